The fourth-order valence-electron chi connectivity index (χ4n) is 2.48. The van der Waals surface area contributed by atoms with Crippen molar-refractivity contribution in [3.05, 3.63) is 53.1 Å². The summed E-state index contributed by atoms with van der Waals surface area (Å²) in [5.74, 6) is 1.05. The van der Waals surface area contributed by atoms with Gasteiger partial charge < -0.3 is 14.8 Å². The highest BCUT2D eigenvalue weighted by Crippen LogP contribution is 2.29. The third-order valence-corrected chi connectivity index (χ3v) is 4.14. The molecule has 0 aliphatic carbocycles. The Morgan fingerprint density at radius 2 is 1.84 bits per heavy atom. The zero-order chi connectivity index (χ0) is 18.4. The number of carbonyl (C=O) groups is 1. The van der Waals surface area contributed by atoms with Crippen LogP contribution < -0.4 is 20.1 Å². The Balaban J connectivity index is 2.05. The van der Waals surface area contributed by atoms with E-state index >= 15 is 0 Å². The monoisotopic (exact) mass is 362 g/mol. The Bertz CT molecular complexity index is 736. The van der Waals surface area contributed by atoms with E-state index in [0.717, 1.165) is 5.56 Å². The summed E-state index contributed by atoms with van der Waals surface area (Å²) in [6.07, 6.45) is 0. The summed E-state index contributed by atoms with van der Waals surface area (Å²) in [5.41, 5.74) is 1.59. The van der Waals surface area contributed by atoms with Gasteiger partial charge in [0.05, 0.1) is 25.9 Å². The quantitative estimate of drug-likeness (QED) is 0.780. The molecule has 2 rings (SSSR count). The van der Waals surface area contributed by atoms with Crippen LogP contribution in [0.1, 0.15) is 25.5 Å². The van der Waals surface area contributed by atoms with E-state index < -0.39 is 6.04 Å². The standard InChI is InChI=1S/C19H23ClN2O3/c1-12(14-6-5-7-15(20)10-14)21-13(2)19(23)22-17-11-16(24-3)8-9-18(17)25-4/h5-13,21H,1-4H3,(H,22,23). The summed E-state index contributed by atoms with van der Waals surface area (Å²) < 4.78 is 10.5. The average molecular weight is 363 g/mol. The van der Waals surface area contributed by atoms with E-state index in [4.69, 9.17) is 21.1 Å². The number of anilines is 1. The fraction of sp³-hybridized carbons (Fsp3) is 0.316. The number of methoxy groups -OCH3 is 2. The molecule has 2 N–H and O–H groups in total. The molecule has 2 unspecified atom stereocenters. The van der Waals surface area contributed by atoms with Crippen molar-refractivity contribution in [1.82, 2.24) is 5.32 Å². The molecule has 0 aliphatic heterocycles. The maximum Gasteiger partial charge on any atom is 0.241 e. The van der Waals surface area contributed by atoms with Gasteiger partial charge in [-0.3, -0.25) is 10.1 Å². The minimum atomic E-state index is -0.412. The van der Waals surface area contributed by atoms with Crippen LogP contribution in [0.4, 0.5) is 5.69 Å². The molecule has 2 atom stereocenters. The number of halogens is 1. The minimum absolute atomic E-state index is 0.0216. The van der Waals surface area contributed by atoms with Crippen LogP contribution >= 0.6 is 11.6 Å². The molecule has 0 aliphatic rings. The average Bonchev–Trinajstić information content (AvgIpc) is 2.61. The summed E-state index contributed by atoms with van der Waals surface area (Å²) in [4.78, 5) is 12.5. The molecular formula is C19H23ClN2O3. The van der Waals surface area contributed by atoms with Crippen LogP contribution in [0, 0.1) is 0 Å². The predicted octanol–water partition coefficient (Wildman–Crippen LogP) is 4.04. The van der Waals surface area contributed by atoms with Crippen molar-refractivity contribution in [3.63, 3.8) is 0 Å². The summed E-state index contributed by atoms with van der Waals surface area (Å²) in [6, 6.07) is 12.4. The van der Waals surface area contributed by atoms with E-state index in [1.54, 1.807) is 32.4 Å². The first kappa shape index (κ1) is 19.1. The first-order valence-electron chi connectivity index (χ1n) is 7.99. The van der Waals surface area contributed by atoms with Gasteiger partial charge in [0.2, 0.25) is 5.91 Å². The maximum atomic E-state index is 12.5. The Hall–Kier alpha value is -2.24. The van der Waals surface area contributed by atoms with Gasteiger partial charge in [0, 0.05) is 17.1 Å². The van der Waals surface area contributed by atoms with E-state index in [2.05, 4.69) is 10.6 Å². The van der Waals surface area contributed by atoms with Crippen molar-refractivity contribution in [2.24, 2.45) is 0 Å². The predicted molar refractivity (Wildman–Crippen MR) is 101 cm³/mol. The van der Waals surface area contributed by atoms with E-state index in [9.17, 15) is 4.79 Å². The molecule has 25 heavy (non-hydrogen) atoms. The summed E-state index contributed by atoms with van der Waals surface area (Å²) in [6.45, 7) is 3.80. The van der Waals surface area contributed by atoms with Crippen molar-refractivity contribution in [2.45, 2.75) is 25.9 Å². The number of ether oxygens (including phenoxy) is 2. The highest BCUT2D eigenvalue weighted by atomic mass is 35.5. The minimum Gasteiger partial charge on any atom is -0.497 e. The molecule has 0 aromatic heterocycles. The van der Waals surface area contributed by atoms with Gasteiger partial charge in [0.25, 0.3) is 0 Å². The zero-order valence-electron chi connectivity index (χ0n) is 14.8. The van der Waals surface area contributed by atoms with Crippen LogP contribution in [0.2, 0.25) is 5.02 Å². The second-order valence-corrected chi connectivity index (χ2v) is 6.16. The molecular weight excluding hydrogens is 340 g/mol. The fourth-order valence-corrected chi connectivity index (χ4v) is 2.67. The number of nitrogens with one attached hydrogen (secondary N) is 2. The van der Waals surface area contributed by atoms with Gasteiger partial charge >= 0.3 is 0 Å². The topological polar surface area (TPSA) is 59.6 Å². The molecule has 0 saturated carbocycles. The van der Waals surface area contributed by atoms with Gasteiger partial charge in [-0.15, -0.1) is 0 Å². The summed E-state index contributed by atoms with van der Waals surface area (Å²) in [5, 5.41) is 6.81. The van der Waals surface area contributed by atoms with Gasteiger partial charge in [-0.05, 0) is 43.7 Å². The van der Waals surface area contributed by atoms with Crippen LogP contribution in [0.25, 0.3) is 0 Å². The van der Waals surface area contributed by atoms with Crippen LogP contribution in [-0.4, -0.2) is 26.2 Å². The first-order valence-corrected chi connectivity index (χ1v) is 8.36. The van der Waals surface area contributed by atoms with Crippen molar-refractivity contribution >= 4 is 23.2 Å². The smallest absolute Gasteiger partial charge is 0.241 e. The highest BCUT2D eigenvalue weighted by Gasteiger charge is 2.18. The van der Waals surface area contributed by atoms with E-state index in [0.29, 0.717) is 22.2 Å². The number of hydrogen-bond donors (Lipinski definition) is 2. The molecule has 6 heteroatoms. The van der Waals surface area contributed by atoms with Crippen molar-refractivity contribution in [3.8, 4) is 11.5 Å². The van der Waals surface area contributed by atoms with Gasteiger partial charge in [-0.2, -0.15) is 0 Å². The van der Waals surface area contributed by atoms with E-state index in [1.165, 1.54) is 0 Å². The number of carbonyl (C=O) groups excluding carboxylic acids is 1. The summed E-state index contributed by atoms with van der Waals surface area (Å²) in [7, 11) is 3.13. The Kier molecular flexibility index (Phi) is 6.67. The molecule has 2 aromatic rings. The Morgan fingerprint density at radius 3 is 2.48 bits per heavy atom. The number of hydrogen-bond acceptors (Lipinski definition) is 4. The molecule has 0 saturated heterocycles. The van der Waals surface area contributed by atoms with Crippen molar-refractivity contribution in [1.29, 1.82) is 0 Å². The van der Waals surface area contributed by atoms with Crippen molar-refractivity contribution in [2.75, 3.05) is 19.5 Å². The first-order chi connectivity index (χ1) is 11.9. The lowest BCUT2D eigenvalue weighted by Crippen LogP contribution is -2.39. The number of amides is 1. The van der Waals surface area contributed by atoms with E-state index in [-0.39, 0.29) is 11.9 Å². The van der Waals surface area contributed by atoms with Gasteiger partial charge in [0.15, 0.2) is 0 Å². The molecule has 0 fully saturated rings. The van der Waals surface area contributed by atoms with Crippen LogP contribution in [-0.2, 0) is 4.79 Å². The van der Waals surface area contributed by atoms with Crippen LogP contribution in [0.3, 0.4) is 0 Å². The molecule has 0 bridgehead atoms. The lowest BCUT2D eigenvalue weighted by Gasteiger charge is -2.21. The second kappa shape index (κ2) is 8.74. The van der Waals surface area contributed by atoms with Crippen LogP contribution in [0.15, 0.2) is 42.5 Å². The van der Waals surface area contributed by atoms with Gasteiger partial charge in [-0.25, -0.2) is 0 Å². The lowest BCUT2D eigenvalue weighted by atomic mass is 10.1. The third kappa shape index (κ3) is 5.11. The van der Waals surface area contributed by atoms with Gasteiger partial charge in [0.1, 0.15) is 11.5 Å². The molecule has 2 aromatic carbocycles. The van der Waals surface area contributed by atoms with E-state index in [1.807, 2.05) is 38.1 Å². The Labute approximate surface area is 153 Å². The zero-order valence-corrected chi connectivity index (χ0v) is 15.6. The Morgan fingerprint density at radius 1 is 1.08 bits per heavy atom. The molecule has 5 nitrogen and oxygen atoms in total. The van der Waals surface area contributed by atoms with Gasteiger partial charge in [-0.1, -0.05) is 23.7 Å². The lowest BCUT2D eigenvalue weighted by molar-refractivity contribution is -0.117. The van der Waals surface area contributed by atoms with Crippen LogP contribution in [0.5, 0.6) is 11.5 Å². The molecule has 134 valence electrons. The number of benzene rings is 2. The largest absolute Gasteiger partial charge is 0.497 e. The molecule has 0 heterocycles. The third-order valence-electron chi connectivity index (χ3n) is 3.91. The molecule has 0 radical (unpaired) electrons. The molecule has 0 spiro atoms. The van der Waals surface area contributed by atoms with Crippen molar-refractivity contribution < 1.29 is 14.3 Å². The maximum absolute atomic E-state index is 12.5. The normalized spacial score (nSPS) is 13.0. The highest BCUT2D eigenvalue weighted by molar-refractivity contribution is 6.30. The molecule has 1 amide bonds. The second-order valence-electron chi connectivity index (χ2n) is 5.72. The SMILES string of the molecule is COc1ccc(OC)c(NC(=O)C(C)NC(C)c2cccc(Cl)c2)c1. The summed E-state index contributed by atoms with van der Waals surface area (Å²) >= 11 is 6.02. The number of rotatable bonds is 7.